The number of urea groups is 1. The van der Waals surface area contributed by atoms with Crippen molar-refractivity contribution in [3.05, 3.63) is 99.0 Å². The van der Waals surface area contributed by atoms with Crippen LogP contribution in [0.3, 0.4) is 0 Å². The number of para-hydroxylation sites is 1. The van der Waals surface area contributed by atoms with Gasteiger partial charge in [-0.1, -0.05) is 59.6 Å². The highest BCUT2D eigenvalue weighted by atomic mass is 35.5. The van der Waals surface area contributed by atoms with E-state index in [1.807, 2.05) is 18.2 Å². The molecule has 1 heterocycles. The second-order valence-corrected chi connectivity index (χ2v) is 8.15. The Morgan fingerprint density at radius 2 is 1.70 bits per heavy atom. The van der Waals surface area contributed by atoms with Crippen molar-refractivity contribution in [2.75, 3.05) is 4.90 Å². The van der Waals surface area contributed by atoms with Crippen molar-refractivity contribution in [2.45, 2.75) is 13.5 Å². The maximum absolute atomic E-state index is 13.2. The number of hydrogen-bond acceptors (Lipinski definition) is 4. The number of barbiturate groups is 1. The number of imide groups is 2. The van der Waals surface area contributed by atoms with Crippen LogP contribution in [0.4, 0.5) is 10.5 Å². The zero-order valence-electron chi connectivity index (χ0n) is 17.5. The molecule has 0 aromatic heterocycles. The van der Waals surface area contributed by atoms with E-state index in [0.29, 0.717) is 32.6 Å². The fourth-order valence-corrected chi connectivity index (χ4v) is 3.75. The molecule has 1 saturated heterocycles. The van der Waals surface area contributed by atoms with Crippen LogP contribution >= 0.6 is 23.2 Å². The van der Waals surface area contributed by atoms with Gasteiger partial charge in [0.2, 0.25) is 0 Å². The lowest BCUT2D eigenvalue weighted by Crippen LogP contribution is -2.54. The van der Waals surface area contributed by atoms with E-state index in [1.165, 1.54) is 6.08 Å². The highest BCUT2D eigenvalue weighted by Gasteiger charge is 2.37. The summed E-state index contributed by atoms with van der Waals surface area (Å²) in [6, 6.07) is 18.2. The molecule has 0 unspecified atom stereocenters. The lowest BCUT2D eigenvalue weighted by atomic mass is 10.0. The minimum atomic E-state index is -0.808. The van der Waals surface area contributed by atoms with Crippen molar-refractivity contribution in [3.8, 4) is 5.75 Å². The second-order valence-electron chi connectivity index (χ2n) is 7.31. The first kappa shape index (κ1) is 22.6. The van der Waals surface area contributed by atoms with Gasteiger partial charge >= 0.3 is 6.03 Å². The zero-order chi connectivity index (χ0) is 23.5. The third-order valence-electron chi connectivity index (χ3n) is 5.07. The van der Waals surface area contributed by atoms with Gasteiger partial charge in [0.05, 0.1) is 5.69 Å². The normalized spacial score (nSPS) is 15.1. The van der Waals surface area contributed by atoms with Gasteiger partial charge in [-0.3, -0.25) is 14.9 Å². The first-order valence-corrected chi connectivity index (χ1v) is 10.7. The predicted octanol–water partition coefficient (Wildman–Crippen LogP) is 5.55. The summed E-state index contributed by atoms with van der Waals surface area (Å²) in [5.74, 6) is -1.14. The Morgan fingerprint density at radius 3 is 2.45 bits per heavy atom. The smallest absolute Gasteiger partial charge is 0.335 e. The van der Waals surface area contributed by atoms with E-state index in [2.05, 4.69) is 5.32 Å². The molecule has 1 aliphatic heterocycles. The molecular weight excluding hydrogens is 463 g/mol. The first-order valence-electron chi connectivity index (χ1n) is 9.98. The van der Waals surface area contributed by atoms with Crippen molar-refractivity contribution >= 4 is 52.8 Å². The van der Waals surface area contributed by atoms with Crippen LogP contribution in [0.25, 0.3) is 6.08 Å². The highest BCUT2D eigenvalue weighted by molar-refractivity contribution is 6.39. The molecule has 0 bridgehead atoms. The van der Waals surface area contributed by atoms with Gasteiger partial charge in [-0.25, -0.2) is 9.69 Å². The minimum Gasteiger partial charge on any atom is -0.488 e. The van der Waals surface area contributed by atoms with Gasteiger partial charge in [0.1, 0.15) is 17.9 Å². The number of carbonyl (C=O) groups is 3. The van der Waals surface area contributed by atoms with Crippen LogP contribution in [0.1, 0.15) is 16.7 Å². The van der Waals surface area contributed by atoms with Gasteiger partial charge in [-0.15, -0.1) is 0 Å². The number of nitrogens with zero attached hydrogens (tertiary/aromatic N) is 1. The molecule has 3 aromatic carbocycles. The van der Waals surface area contributed by atoms with Crippen LogP contribution < -0.4 is 15.0 Å². The fourth-order valence-electron chi connectivity index (χ4n) is 3.38. The molecule has 1 N–H and O–H groups in total. The number of carbonyl (C=O) groups excluding carboxylic acids is 3. The van der Waals surface area contributed by atoms with Gasteiger partial charge in [0.15, 0.2) is 0 Å². The van der Waals surface area contributed by atoms with E-state index < -0.39 is 17.8 Å². The third-order valence-corrected chi connectivity index (χ3v) is 5.67. The summed E-state index contributed by atoms with van der Waals surface area (Å²) in [5.41, 5.74) is 2.06. The van der Waals surface area contributed by atoms with Crippen LogP contribution in [0.5, 0.6) is 5.75 Å². The number of rotatable bonds is 5. The summed E-state index contributed by atoms with van der Waals surface area (Å²) in [6.45, 7) is 1.94. The molecule has 3 aromatic rings. The van der Waals surface area contributed by atoms with E-state index in [4.69, 9.17) is 27.9 Å². The molecule has 8 heteroatoms. The molecule has 0 radical (unpaired) electrons. The number of aryl methyl sites for hydroxylation is 1. The van der Waals surface area contributed by atoms with Gasteiger partial charge in [0.25, 0.3) is 11.8 Å². The van der Waals surface area contributed by atoms with Crippen LogP contribution in [-0.4, -0.2) is 17.8 Å². The number of nitrogens with one attached hydrogen (secondary N) is 1. The number of amides is 4. The Morgan fingerprint density at radius 1 is 0.970 bits per heavy atom. The van der Waals surface area contributed by atoms with Crippen molar-refractivity contribution in [1.82, 2.24) is 5.32 Å². The number of anilines is 1. The molecule has 1 fully saturated rings. The zero-order valence-corrected chi connectivity index (χ0v) is 19.0. The highest BCUT2D eigenvalue weighted by Crippen LogP contribution is 2.30. The number of ether oxygens (including phenoxy) is 1. The molecule has 33 heavy (non-hydrogen) atoms. The maximum atomic E-state index is 13.2. The summed E-state index contributed by atoms with van der Waals surface area (Å²) in [7, 11) is 0. The standard InChI is InChI=1S/C25H18Cl2N2O4/c1-15-6-2-5-9-21(15)29-24(31)19(23(30)28-25(29)32)13-17-12-18(26)10-11-22(17)33-14-16-7-3-4-8-20(16)27/h2-13H,14H2,1H3,(H,28,30,32)/b19-13+. The summed E-state index contributed by atoms with van der Waals surface area (Å²) in [5, 5.41) is 3.17. The Kier molecular flexibility index (Phi) is 6.49. The predicted molar refractivity (Wildman–Crippen MR) is 127 cm³/mol. The van der Waals surface area contributed by atoms with Gasteiger partial charge in [-0.05, 0) is 48.9 Å². The van der Waals surface area contributed by atoms with E-state index in [0.717, 1.165) is 10.5 Å². The number of benzene rings is 3. The molecule has 1 aliphatic rings. The Labute approximate surface area is 200 Å². The van der Waals surface area contributed by atoms with Crippen molar-refractivity contribution < 1.29 is 19.1 Å². The molecule has 0 aliphatic carbocycles. The van der Waals surface area contributed by atoms with Crippen LogP contribution in [0.2, 0.25) is 10.0 Å². The van der Waals surface area contributed by atoms with E-state index in [-0.39, 0.29) is 12.2 Å². The fraction of sp³-hybridized carbons (Fsp3) is 0.0800. The van der Waals surface area contributed by atoms with Crippen LogP contribution in [-0.2, 0) is 16.2 Å². The van der Waals surface area contributed by atoms with Crippen LogP contribution in [0, 0.1) is 6.92 Å². The summed E-state index contributed by atoms with van der Waals surface area (Å²) in [4.78, 5) is 39.2. The largest absolute Gasteiger partial charge is 0.488 e. The maximum Gasteiger partial charge on any atom is 0.335 e. The Hall–Kier alpha value is -3.61. The molecule has 0 spiro atoms. The van der Waals surface area contributed by atoms with Gasteiger partial charge in [0, 0.05) is 21.2 Å². The average molecular weight is 481 g/mol. The van der Waals surface area contributed by atoms with E-state index >= 15 is 0 Å². The molecule has 0 saturated carbocycles. The molecule has 4 rings (SSSR count). The van der Waals surface area contributed by atoms with Gasteiger partial charge in [-0.2, -0.15) is 0 Å². The Balaban J connectivity index is 1.70. The average Bonchev–Trinajstić information content (AvgIpc) is 2.78. The van der Waals surface area contributed by atoms with Crippen LogP contribution in [0.15, 0.2) is 72.3 Å². The first-order chi connectivity index (χ1) is 15.8. The summed E-state index contributed by atoms with van der Waals surface area (Å²) in [6.07, 6.45) is 1.36. The number of halogens is 2. The lowest BCUT2D eigenvalue weighted by Gasteiger charge is -2.27. The SMILES string of the molecule is Cc1ccccc1N1C(=O)NC(=O)/C(=C\c2cc(Cl)ccc2OCc2ccccc2Cl)C1=O. The topological polar surface area (TPSA) is 75.7 Å². The molecule has 166 valence electrons. The molecule has 4 amide bonds. The van der Waals surface area contributed by atoms with Crippen molar-refractivity contribution in [1.29, 1.82) is 0 Å². The monoisotopic (exact) mass is 480 g/mol. The molecular formula is C25H18Cl2N2O4. The van der Waals surface area contributed by atoms with Crippen molar-refractivity contribution in [3.63, 3.8) is 0 Å². The molecule has 0 atom stereocenters. The van der Waals surface area contributed by atoms with Gasteiger partial charge < -0.3 is 4.74 Å². The quantitative estimate of drug-likeness (QED) is 0.383. The third kappa shape index (κ3) is 4.77. The minimum absolute atomic E-state index is 0.172. The summed E-state index contributed by atoms with van der Waals surface area (Å²) < 4.78 is 5.91. The molecule has 6 nitrogen and oxygen atoms in total. The van der Waals surface area contributed by atoms with Crippen molar-refractivity contribution in [2.24, 2.45) is 0 Å². The van der Waals surface area contributed by atoms with E-state index in [9.17, 15) is 14.4 Å². The second kappa shape index (κ2) is 9.48. The number of hydrogen-bond donors (Lipinski definition) is 1. The summed E-state index contributed by atoms with van der Waals surface area (Å²) >= 11 is 12.4. The lowest BCUT2D eigenvalue weighted by molar-refractivity contribution is -0.122. The Bertz CT molecular complexity index is 1300. The van der Waals surface area contributed by atoms with E-state index in [1.54, 1.807) is 55.5 Å².